The third-order valence-corrected chi connectivity index (χ3v) is 3.56. The molecule has 1 saturated heterocycles. The average Bonchev–Trinajstić information content (AvgIpc) is 2.47. The molecule has 0 aliphatic carbocycles. The van der Waals surface area contributed by atoms with Crippen molar-refractivity contribution in [2.75, 3.05) is 26.7 Å². The van der Waals surface area contributed by atoms with Crippen LogP contribution in [0.15, 0.2) is 24.3 Å². The van der Waals surface area contributed by atoms with E-state index in [1.807, 2.05) is 43.0 Å². The molecule has 0 radical (unpaired) electrons. The van der Waals surface area contributed by atoms with Crippen LogP contribution in [0, 0.1) is 0 Å². The van der Waals surface area contributed by atoms with Gasteiger partial charge in [0.25, 0.3) is 0 Å². The Morgan fingerprint density at radius 2 is 1.90 bits per heavy atom. The fourth-order valence-corrected chi connectivity index (χ4v) is 2.56. The zero-order valence-electron chi connectivity index (χ0n) is 13.0. The molecule has 5 nitrogen and oxygen atoms in total. The molecule has 1 aromatic rings. The fourth-order valence-electron chi connectivity index (χ4n) is 2.56. The molecule has 0 aromatic heterocycles. The van der Waals surface area contributed by atoms with E-state index < -0.39 is 0 Å². The number of ether oxygens (including phenoxy) is 2. The van der Waals surface area contributed by atoms with Crippen molar-refractivity contribution in [3.8, 4) is 5.75 Å². The maximum absolute atomic E-state index is 12.1. The highest BCUT2D eigenvalue weighted by atomic mass is 16.5. The van der Waals surface area contributed by atoms with Gasteiger partial charge in [-0.05, 0) is 38.0 Å². The molecule has 21 heavy (non-hydrogen) atoms. The van der Waals surface area contributed by atoms with Crippen molar-refractivity contribution in [2.45, 2.75) is 32.5 Å². The normalized spacial score (nSPS) is 22.0. The first kappa shape index (κ1) is 15.6. The number of nitrogens with one attached hydrogen (secondary N) is 1. The van der Waals surface area contributed by atoms with Gasteiger partial charge in [-0.25, -0.2) is 4.79 Å². The lowest BCUT2D eigenvalue weighted by Crippen LogP contribution is -2.51. The topological polar surface area (TPSA) is 50.8 Å². The predicted molar refractivity (Wildman–Crippen MR) is 81.7 cm³/mol. The quantitative estimate of drug-likeness (QED) is 0.924. The molecule has 0 bridgehead atoms. The molecule has 1 aliphatic rings. The van der Waals surface area contributed by atoms with E-state index in [0.29, 0.717) is 19.6 Å². The Balaban J connectivity index is 1.75. The Morgan fingerprint density at radius 3 is 2.48 bits per heavy atom. The van der Waals surface area contributed by atoms with Gasteiger partial charge in [0.2, 0.25) is 0 Å². The first-order valence-corrected chi connectivity index (χ1v) is 7.39. The summed E-state index contributed by atoms with van der Waals surface area (Å²) in [6, 6.07) is 7.89. The molecule has 1 heterocycles. The van der Waals surface area contributed by atoms with Crippen LogP contribution in [-0.4, -0.2) is 49.9 Å². The van der Waals surface area contributed by atoms with E-state index >= 15 is 0 Å². The predicted octanol–water partition coefficient (Wildman–Crippen LogP) is 2.06. The molecule has 1 fully saturated rings. The van der Waals surface area contributed by atoms with Crippen LogP contribution in [0.1, 0.15) is 19.4 Å². The standard InChI is InChI=1S/C16H24N2O3/c1-12-10-18(11-13(2)21-12)16(19)17-9-8-14-4-6-15(20-3)7-5-14/h4-7,12-13H,8-11H2,1-3H3,(H,17,19). The van der Waals surface area contributed by atoms with Crippen LogP contribution in [0.25, 0.3) is 0 Å². The Bertz CT molecular complexity index is 451. The summed E-state index contributed by atoms with van der Waals surface area (Å²) in [5.74, 6) is 0.846. The molecule has 5 heteroatoms. The Hall–Kier alpha value is -1.75. The Labute approximate surface area is 126 Å². The minimum atomic E-state index is -0.00879. The first-order valence-electron chi connectivity index (χ1n) is 7.39. The zero-order chi connectivity index (χ0) is 15.2. The highest BCUT2D eigenvalue weighted by molar-refractivity contribution is 5.74. The van der Waals surface area contributed by atoms with Gasteiger partial charge >= 0.3 is 6.03 Å². The average molecular weight is 292 g/mol. The number of urea groups is 1. The summed E-state index contributed by atoms with van der Waals surface area (Å²) in [7, 11) is 1.65. The molecule has 2 amide bonds. The number of nitrogens with zero attached hydrogens (tertiary/aromatic N) is 1. The number of rotatable bonds is 4. The highest BCUT2D eigenvalue weighted by Gasteiger charge is 2.25. The number of carbonyl (C=O) groups is 1. The van der Waals surface area contributed by atoms with Gasteiger partial charge in [0, 0.05) is 19.6 Å². The van der Waals surface area contributed by atoms with Gasteiger partial charge in [-0.1, -0.05) is 12.1 Å². The smallest absolute Gasteiger partial charge is 0.317 e. The van der Waals surface area contributed by atoms with Crippen molar-refractivity contribution in [2.24, 2.45) is 0 Å². The van der Waals surface area contributed by atoms with Crippen LogP contribution in [0.4, 0.5) is 4.79 Å². The molecular formula is C16H24N2O3. The van der Waals surface area contributed by atoms with Crippen LogP contribution in [0.5, 0.6) is 5.75 Å². The number of morpholine rings is 1. The van der Waals surface area contributed by atoms with E-state index in [9.17, 15) is 4.79 Å². The second kappa shape index (κ2) is 7.31. The number of carbonyl (C=O) groups excluding carboxylic acids is 1. The van der Waals surface area contributed by atoms with E-state index in [0.717, 1.165) is 12.2 Å². The van der Waals surface area contributed by atoms with Crippen LogP contribution >= 0.6 is 0 Å². The van der Waals surface area contributed by atoms with Gasteiger partial charge in [-0.2, -0.15) is 0 Å². The van der Waals surface area contributed by atoms with E-state index in [2.05, 4.69) is 5.32 Å². The number of amides is 2. The molecule has 1 aromatic carbocycles. The summed E-state index contributed by atoms with van der Waals surface area (Å²) < 4.78 is 10.8. The van der Waals surface area contributed by atoms with Gasteiger partial charge < -0.3 is 19.7 Å². The molecule has 0 spiro atoms. The lowest BCUT2D eigenvalue weighted by molar-refractivity contribution is -0.0544. The van der Waals surface area contributed by atoms with Crippen molar-refractivity contribution < 1.29 is 14.3 Å². The maximum atomic E-state index is 12.1. The first-order chi connectivity index (χ1) is 10.1. The minimum absolute atomic E-state index is 0.00879. The highest BCUT2D eigenvalue weighted by Crippen LogP contribution is 2.12. The summed E-state index contributed by atoms with van der Waals surface area (Å²) in [6.07, 6.45) is 1.01. The monoisotopic (exact) mass is 292 g/mol. The molecule has 116 valence electrons. The second-order valence-electron chi connectivity index (χ2n) is 5.49. The maximum Gasteiger partial charge on any atom is 0.317 e. The van der Waals surface area contributed by atoms with Crippen molar-refractivity contribution in [3.63, 3.8) is 0 Å². The fraction of sp³-hybridized carbons (Fsp3) is 0.562. The number of hydrogen-bond acceptors (Lipinski definition) is 3. The number of hydrogen-bond donors (Lipinski definition) is 1. The second-order valence-corrected chi connectivity index (χ2v) is 5.49. The number of methoxy groups -OCH3 is 1. The third kappa shape index (κ3) is 4.63. The van der Waals surface area contributed by atoms with Gasteiger partial charge in [0.1, 0.15) is 5.75 Å². The van der Waals surface area contributed by atoms with Crippen molar-refractivity contribution >= 4 is 6.03 Å². The van der Waals surface area contributed by atoms with Crippen molar-refractivity contribution in [3.05, 3.63) is 29.8 Å². The largest absolute Gasteiger partial charge is 0.497 e. The van der Waals surface area contributed by atoms with Gasteiger partial charge in [0.15, 0.2) is 0 Å². The van der Waals surface area contributed by atoms with Crippen LogP contribution in [0.2, 0.25) is 0 Å². The third-order valence-electron chi connectivity index (χ3n) is 3.56. The minimum Gasteiger partial charge on any atom is -0.497 e. The molecule has 2 unspecified atom stereocenters. The van der Waals surface area contributed by atoms with Crippen LogP contribution < -0.4 is 10.1 Å². The van der Waals surface area contributed by atoms with Crippen LogP contribution in [-0.2, 0) is 11.2 Å². The lowest BCUT2D eigenvalue weighted by atomic mass is 10.1. The van der Waals surface area contributed by atoms with Gasteiger partial charge in [0.05, 0.1) is 19.3 Å². The van der Waals surface area contributed by atoms with Crippen molar-refractivity contribution in [1.82, 2.24) is 10.2 Å². The summed E-state index contributed by atoms with van der Waals surface area (Å²) >= 11 is 0. The summed E-state index contributed by atoms with van der Waals surface area (Å²) in [5.41, 5.74) is 1.18. The SMILES string of the molecule is COc1ccc(CCNC(=O)N2CC(C)OC(C)C2)cc1. The summed E-state index contributed by atoms with van der Waals surface area (Å²) in [5, 5.41) is 2.97. The van der Waals surface area contributed by atoms with E-state index in [1.165, 1.54) is 5.56 Å². The summed E-state index contributed by atoms with van der Waals surface area (Å²) in [4.78, 5) is 13.9. The number of benzene rings is 1. The molecule has 1 N–H and O–H groups in total. The van der Waals surface area contributed by atoms with Gasteiger partial charge in [-0.3, -0.25) is 0 Å². The molecule has 0 saturated carbocycles. The lowest BCUT2D eigenvalue weighted by Gasteiger charge is -2.35. The molecule has 1 aliphatic heterocycles. The zero-order valence-corrected chi connectivity index (χ0v) is 13.0. The molecular weight excluding hydrogens is 268 g/mol. The summed E-state index contributed by atoms with van der Waals surface area (Å²) in [6.45, 7) is 5.92. The molecule has 2 rings (SSSR count). The van der Waals surface area contributed by atoms with E-state index in [4.69, 9.17) is 9.47 Å². The van der Waals surface area contributed by atoms with Crippen molar-refractivity contribution in [1.29, 1.82) is 0 Å². The van der Waals surface area contributed by atoms with E-state index in [1.54, 1.807) is 7.11 Å². The van der Waals surface area contributed by atoms with Crippen LogP contribution in [0.3, 0.4) is 0 Å². The van der Waals surface area contributed by atoms with E-state index in [-0.39, 0.29) is 18.2 Å². The van der Waals surface area contributed by atoms with Gasteiger partial charge in [-0.15, -0.1) is 0 Å². The molecule has 2 atom stereocenters. The Kier molecular flexibility index (Phi) is 5.44. The Morgan fingerprint density at radius 1 is 1.29 bits per heavy atom.